The van der Waals surface area contributed by atoms with Crippen molar-refractivity contribution in [2.45, 2.75) is 19.8 Å². The maximum absolute atomic E-state index is 12.1. The van der Waals surface area contributed by atoms with Gasteiger partial charge in [-0.15, -0.1) is 0 Å². The number of hydrogen-bond acceptors (Lipinski definition) is 5. The number of carbonyl (C=O) groups is 1. The lowest BCUT2D eigenvalue weighted by molar-refractivity contribution is -0.116. The van der Waals surface area contributed by atoms with Crippen LogP contribution in [0.2, 0.25) is 0 Å². The van der Waals surface area contributed by atoms with Crippen molar-refractivity contribution in [2.75, 3.05) is 24.2 Å². The summed E-state index contributed by atoms with van der Waals surface area (Å²) in [5.41, 5.74) is 1.96. The number of hydrogen-bond donors (Lipinski definition) is 1. The maximum atomic E-state index is 12.1. The fourth-order valence-electron chi connectivity index (χ4n) is 2.42. The molecule has 2 aromatic rings. The van der Waals surface area contributed by atoms with Crippen LogP contribution in [0.25, 0.3) is 10.2 Å². The largest absolute Gasteiger partial charge is 0.301 e. The number of carbonyl (C=O) groups excluding carboxylic acids is 1. The summed E-state index contributed by atoms with van der Waals surface area (Å²) in [5, 5.41) is 3.20. The van der Waals surface area contributed by atoms with Crippen molar-refractivity contribution in [1.82, 2.24) is 9.29 Å². The summed E-state index contributed by atoms with van der Waals surface area (Å²) in [6, 6.07) is 5.89. The molecule has 1 amide bonds. The lowest BCUT2D eigenvalue weighted by Gasteiger charge is -2.25. The Morgan fingerprint density at radius 2 is 2.23 bits per heavy atom. The summed E-state index contributed by atoms with van der Waals surface area (Å²) >= 11 is 1.39. The molecule has 0 spiro atoms. The summed E-state index contributed by atoms with van der Waals surface area (Å²) < 4.78 is 26.0. The van der Waals surface area contributed by atoms with E-state index in [2.05, 4.69) is 10.3 Å². The number of fused-ring (bicyclic) bond motifs is 1. The van der Waals surface area contributed by atoms with Gasteiger partial charge in [0.05, 0.1) is 22.5 Å². The molecule has 1 aliphatic rings. The van der Waals surface area contributed by atoms with Crippen molar-refractivity contribution in [2.24, 2.45) is 0 Å². The summed E-state index contributed by atoms with van der Waals surface area (Å²) in [6.45, 7) is 2.27. The number of aryl methyl sites for hydroxylation is 1. The van der Waals surface area contributed by atoms with Gasteiger partial charge in [-0.05, 0) is 37.5 Å². The monoisotopic (exact) mass is 339 g/mol. The summed E-state index contributed by atoms with van der Waals surface area (Å²) in [4.78, 5) is 16.4. The first kappa shape index (κ1) is 15.4. The van der Waals surface area contributed by atoms with E-state index in [4.69, 9.17) is 0 Å². The number of anilines is 1. The van der Waals surface area contributed by atoms with Crippen LogP contribution >= 0.6 is 11.3 Å². The van der Waals surface area contributed by atoms with E-state index in [1.54, 1.807) is 0 Å². The molecule has 1 fully saturated rings. The third kappa shape index (κ3) is 3.29. The van der Waals surface area contributed by atoms with Crippen LogP contribution in [-0.2, 0) is 14.8 Å². The summed E-state index contributed by atoms with van der Waals surface area (Å²) in [6.07, 6.45) is 1.46. The lowest BCUT2D eigenvalue weighted by atomic mass is 10.2. The van der Waals surface area contributed by atoms with Crippen LogP contribution in [0.4, 0.5) is 5.13 Å². The number of nitrogens with one attached hydrogen (secondary N) is 1. The first-order valence-corrected chi connectivity index (χ1v) is 9.51. The maximum Gasteiger partial charge on any atom is 0.241 e. The van der Waals surface area contributed by atoms with Gasteiger partial charge in [-0.2, -0.15) is 4.31 Å². The van der Waals surface area contributed by atoms with E-state index in [0.29, 0.717) is 18.1 Å². The van der Waals surface area contributed by atoms with Gasteiger partial charge >= 0.3 is 0 Å². The Bertz CT molecular complexity index is 814. The summed E-state index contributed by atoms with van der Waals surface area (Å²) in [5.74, 6) is -0.220. The number of nitrogens with zero attached hydrogens (tertiary/aromatic N) is 2. The number of sulfonamides is 1. The molecule has 1 aromatic carbocycles. The van der Waals surface area contributed by atoms with E-state index in [0.717, 1.165) is 22.2 Å². The average Bonchev–Trinajstić information content (AvgIpc) is 2.82. The molecular formula is C14H17N3O3S2. The Morgan fingerprint density at radius 1 is 1.41 bits per heavy atom. The van der Waals surface area contributed by atoms with Crippen LogP contribution in [0.15, 0.2) is 18.2 Å². The van der Waals surface area contributed by atoms with Crippen LogP contribution < -0.4 is 5.32 Å². The Morgan fingerprint density at radius 3 is 3.00 bits per heavy atom. The Labute approximate surface area is 133 Å². The van der Waals surface area contributed by atoms with Gasteiger partial charge in [-0.1, -0.05) is 17.4 Å². The molecule has 2 heterocycles. The molecule has 0 atom stereocenters. The molecule has 0 bridgehead atoms. The predicted octanol–water partition coefficient (Wildman–Crippen LogP) is 1.97. The standard InChI is InChI=1S/C14H17N3O3S2/c1-10-4-5-11-12(8-10)21-14(15-11)16-13(18)9-17-6-2-3-7-22(17,19)20/h4-5,8H,2-3,6-7,9H2,1H3,(H,15,16,18). The molecule has 0 aliphatic carbocycles. The minimum absolute atomic E-state index is 0.126. The van der Waals surface area contributed by atoms with Crippen molar-refractivity contribution < 1.29 is 13.2 Å². The predicted molar refractivity (Wildman–Crippen MR) is 87.6 cm³/mol. The Kier molecular flexibility index (Phi) is 4.16. The van der Waals surface area contributed by atoms with Gasteiger partial charge in [-0.25, -0.2) is 13.4 Å². The third-order valence-corrected chi connectivity index (χ3v) is 6.40. The zero-order valence-electron chi connectivity index (χ0n) is 12.2. The molecule has 1 saturated heterocycles. The first-order valence-electron chi connectivity index (χ1n) is 7.09. The van der Waals surface area contributed by atoms with E-state index in [1.807, 2.05) is 25.1 Å². The van der Waals surface area contributed by atoms with Gasteiger partial charge in [0.2, 0.25) is 15.9 Å². The van der Waals surface area contributed by atoms with Crippen molar-refractivity contribution in [3.63, 3.8) is 0 Å². The number of thiazole rings is 1. The number of benzene rings is 1. The number of rotatable bonds is 3. The van der Waals surface area contributed by atoms with Crippen LogP contribution in [0, 0.1) is 6.92 Å². The van der Waals surface area contributed by atoms with Gasteiger partial charge < -0.3 is 5.32 Å². The lowest BCUT2D eigenvalue weighted by Crippen LogP contribution is -2.42. The van der Waals surface area contributed by atoms with Crippen LogP contribution in [0.3, 0.4) is 0 Å². The zero-order valence-corrected chi connectivity index (χ0v) is 13.8. The summed E-state index contributed by atoms with van der Waals surface area (Å²) in [7, 11) is -3.29. The van der Waals surface area contributed by atoms with Crippen LogP contribution in [0.1, 0.15) is 18.4 Å². The van der Waals surface area contributed by atoms with Crippen LogP contribution in [-0.4, -0.2) is 42.5 Å². The van der Waals surface area contributed by atoms with Crippen LogP contribution in [0.5, 0.6) is 0 Å². The normalized spacial score (nSPS) is 18.4. The van der Waals surface area contributed by atoms with Crippen molar-refractivity contribution in [3.05, 3.63) is 23.8 Å². The van der Waals surface area contributed by atoms with Gasteiger partial charge in [0, 0.05) is 6.54 Å². The second-order valence-electron chi connectivity index (χ2n) is 5.40. The highest BCUT2D eigenvalue weighted by Gasteiger charge is 2.27. The first-order chi connectivity index (χ1) is 10.4. The molecule has 1 aliphatic heterocycles. The topological polar surface area (TPSA) is 79.4 Å². The SMILES string of the molecule is Cc1ccc2nc(NC(=O)CN3CCCCS3(=O)=O)sc2c1. The second kappa shape index (κ2) is 5.94. The fraction of sp³-hybridized carbons (Fsp3) is 0.429. The quantitative estimate of drug-likeness (QED) is 0.927. The zero-order chi connectivity index (χ0) is 15.7. The smallest absolute Gasteiger partial charge is 0.241 e. The molecule has 0 unspecified atom stereocenters. The average molecular weight is 339 g/mol. The van der Waals surface area contributed by atoms with Gasteiger partial charge in [0.15, 0.2) is 5.13 Å². The van der Waals surface area contributed by atoms with Gasteiger partial charge in [0.1, 0.15) is 0 Å². The Balaban J connectivity index is 1.70. The molecule has 1 aromatic heterocycles. The molecule has 118 valence electrons. The minimum atomic E-state index is -3.29. The highest BCUT2D eigenvalue weighted by molar-refractivity contribution is 7.89. The highest BCUT2D eigenvalue weighted by atomic mass is 32.2. The number of aromatic nitrogens is 1. The number of amides is 1. The molecule has 0 saturated carbocycles. The second-order valence-corrected chi connectivity index (χ2v) is 8.51. The molecule has 22 heavy (non-hydrogen) atoms. The van der Waals surface area contributed by atoms with E-state index in [-0.39, 0.29) is 18.2 Å². The molecule has 3 rings (SSSR count). The molecule has 1 N–H and O–H groups in total. The highest BCUT2D eigenvalue weighted by Crippen LogP contribution is 2.26. The molecule has 0 radical (unpaired) electrons. The van der Waals surface area contributed by atoms with E-state index in [9.17, 15) is 13.2 Å². The van der Waals surface area contributed by atoms with Crippen molar-refractivity contribution >= 4 is 42.6 Å². The van der Waals surface area contributed by atoms with Gasteiger partial charge in [0.25, 0.3) is 0 Å². The van der Waals surface area contributed by atoms with Crippen molar-refractivity contribution in [1.29, 1.82) is 0 Å². The van der Waals surface area contributed by atoms with Gasteiger partial charge in [-0.3, -0.25) is 4.79 Å². The Hall–Kier alpha value is -1.51. The third-order valence-electron chi connectivity index (χ3n) is 3.56. The van der Waals surface area contributed by atoms with E-state index < -0.39 is 10.0 Å². The molecular weight excluding hydrogens is 322 g/mol. The molecule has 8 heteroatoms. The van der Waals surface area contributed by atoms with E-state index >= 15 is 0 Å². The molecule has 6 nitrogen and oxygen atoms in total. The fourth-order valence-corrected chi connectivity index (χ4v) is 4.95. The van der Waals surface area contributed by atoms with Crippen molar-refractivity contribution in [3.8, 4) is 0 Å². The van der Waals surface area contributed by atoms with E-state index in [1.165, 1.54) is 15.6 Å². The minimum Gasteiger partial charge on any atom is -0.301 e.